The fraction of sp³-hybridized carbons (Fsp3) is 0.200. The molecule has 1 N–H and O–H groups in total. The van der Waals surface area contributed by atoms with Crippen molar-refractivity contribution in [1.82, 2.24) is 0 Å². The van der Waals surface area contributed by atoms with Crippen LogP contribution in [0.2, 0.25) is 0 Å². The molecule has 89 heavy (non-hydrogen) atoms. The summed E-state index contributed by atoms with van der Waals surface area (Å²) in [6.07, 6.45) is 3.05. The van der Waals surface area contributed by atoms with Gasteiger partial charge < -0.3 is 19.6 Å². The van der Waals surface area contributed by atoms with E-state index in [1.807, 2.05) is 24.3 Å². The third-order valence-electron chi connectivity index (χ3n) is 19.2. The molecule has 442 valence electrons. The molecule has 4 heteroatoms. The number of nitrogens with zero attached hydrogens (tertiary/aromatic N) is 2. The van der Waals surface area contributed by atoms with Gasteiger partial charge in [-0.2, -0.15) is 0 Å². The highest BCUT2D eigenvalue weighted by atomic mass is 16.5. The van der Waals surface area contributed by atoms with E-state index in [0.717, 1.165) is 70.1 Å². The van der Waals surface area contributed by atoms with E-state index in [2.05, 4.69) is 309 Å². The van der Waals surface area contributed by atoms with Crippen molar-refractivity contribution in [3.05, 3.63) is 311 Å². The lowest BCUT2D eigenvalue weighted by Crippen LogP contribution is -2.34. The van der Waals surface area contributed by atoms with Crippen LogP contribution in [0.5, 0.6) is 11.5 Å². The van der Waals surface area contributed by atoms with Crippen LogP contribution >= 0.6 is 0 Å². The maximum Gasteiger partial charge on any atom is 0.127 e. The van der Waals surface area contributed by atoms with E-state index in [9.17, 15) is 5.11 Å². The van der Waals surface area contributed by atoms with Gasteiger partial charge in [-0.1, -0.05) is 231 Å². The minimum Gasteiger partial charge on any atom is -0.457 e. The molecule has 4 nitrogen and oxygen atoms in total. The zero-order valence-corrected chi connectivity index (χ0v) is 53.0. The van der Waals surface area contributed by atoms with Crippen molar-refractivity contribution in [2.24, 2.45) is 5.41 Å². The largest absolute Gasteiger partial charge is 0.457 e. The topological polar surface area (TPSA) is 35.9 Å². The van der Waals surface area contributed by atoms with Gasteiger partial charge in [-0.15, -0.1) is 0 Å². The van der Waals surface area contributed by atoms with Crippen molar-refractivity contribution in [3.8, 4) is 67.1 Å². The monoisotopic (exact) mass is 1160 g/mol. The maximum atomic E-state index is 9.76. The summed E-state index contributed by atoms with van der Waals surface area (Å²) in [5, 5.41) is 9.76. The molecule has 13 rings (SSSR count). The second kappa shape index (κ2) is 23.9. The van der Waals surface area contributed by atoms with Crippen LogP contribution in [-0.4, -0.2) is 11.1 Å². The van der Waals surface area contributed by atoms with Gasteiger partial charge in [0.15, 0.2) is 0 Å². The van der Waals surface area contributed by atoms with Gasteiger partial charge in [0.1, 0.15) is 11.5 Å². The second-order valence-corrected chi connectivity index (χ2v) is 25.8. The third-order valence-corrected chi connectivity index (χ3v) is 19.2. The summed E-state index contributed by atoms with van der Waals surface area (Å²) >= 11 is 0. The molecule has 2 aliphatic carbocycles. The molecule has 2 aliphatic rings. The Bertz CT molecular complexity index is 4370. The van der Waals surface area contributed by atoms with Crippen LogP contribution < -0.4 is 14.5 Å². The summed E-state index contributed by atoms with van der Waals surface area (Å²) in [6.45, 7) is 21.1. The summed E-state index contributed by atoms with van der Waals surface area (Å²) in [4.78, 5) is 5.03. The zero-order chi connectivity index (χ0) is 61.6. The highest BCUT2D eigenvalue weighted by Gasteiger charge is 2.47. The number of ether oxygens (including phenoxy) is 1. The van der Waals surface area contributed by atoms with Gasteiger partial charge in [-0.05, 0) is 217 Å². The van der Waals surface area contributed by atoms with E-state index in [1.54, 1.807) is 0 Å². The average molecular weight is 1160 g/mol. The third kappa shape index (κ3) is 10.6. The van der Waals surface area contributed by atoms with Crippen LogP contribution in [0.4, 0.5) is 22.7 Å². The van der Waals surface area contributed by atoms with Gasteiger partial charge in [0.05, 0.1) is 12.0 Å². The number of hydrogen-bond donors (Lipinski definition) is 1. The SMILES string of the molecule is CC/C(=C(/CC)C(C)(C)C)N(c1ccc(-c2ccc3c(c2)C(c2ccccc2)(c2ccc(Oc4ccc(CO)cc4)cc2)c2cc(-c4ccc(N(c5ccc(-c6ccccc6)cc5)c5ccc6c(c5)C(C)(C)c5ccccc5-6)cc4)ccc2-3)cc1)C(C)CC. The van der Waals surface area contributed by atoms with Crippen LogP contribution in [0, 0.1) is 5.41 Å². The number of benzene rings is 11. The van der Waals surface area contributed by atoms with Crippen molar-refractivity contribution < 1.29 is 9.84 Å². The summed E-state index contributed by atoms with van der Waals surface area (Å²) in [5.41, 5.74) is 27.1. The van der Waals surface area contributed by atoms with Gasteiger partial charge in [0.2, 0.25) is 0 Å². The molecule has 0 bridgehead atoms. The second-order valence-electron chi connectivity index (χ2n) is 25.8. The van der Waals surface area contributed by atoms with Gasteiger partial charge in [0, 0.05) is 39.9 Å². The van der Waals surface area contributed by atoms with E-state index >= 15 is 0 Å². The normalized spacial score (nSPS) is 15.1. The highest BCUT2D eigenvalue weighted by molar-refractivity contribution is 5.91. The lowest BCUT2D eigenvalue weighted by Gasteiger charge is -2.38. The number of anilines is 4. The summed E-state index contributed by atoms with van der Waals surface area (Å²) < 4.78 is 6.49. The van der Waals surface area contributed by atoms with Crippen LogP contribution in [-0.2, 0) is 17.4 Å². The molecule has 0 aromatic heterocycles. The Balaban J connectivity index is 0.928. The Morgan fingerprint density at radius 2 is 0.865 bits per heavy atom. The van der Waals surface area contributed by atoms with E-state index < -0.39 is 5.41 Å². The van der Waals surface area contributed by atoms with Crippen LogP contribution in [0.15, 0.2) is 272 Å². The van der Waals surface area contributed by atoms with E-state index in [0.29, 0.717) is 6.04 Å². The minimum atomic E-state index is -0.708. The molecule has 0 aliphatic heterocycles. The van der Waals surface area contributed by atoms with Crippen molar-refractivity contribution in [2.45, 2.75) is 105 Å². The summed E-state index contributed by atoms with van der Waals surface area (Å²) in [6, 6.07) is 96.2. The fourth-order valence-corrected chi connectivity index (χ4v) is 14.6. The molecule has 0 saturated heterocycles. The van der Waals surface area contributed by atoms with Gasteiger partial charge >= 0.3 is 0 Å². The molecular weight excluding hydrogens is 1080 g/mol. The van der Waals surface area contributed by atoms with Crippen molar-refractivity contribution in [3.63, 3.8) is 0 Å². The predicted molar refractivity (Wildman–Crippen MR) is 374 cm³/mol. The molecular formula is C85H80N2O2. The molecule has 0 spiro atoms. The van der Waals surface area contributed by atoms with Gasteiger partial charge in [-0.3, -0.25) is 0 Å². The molecule has 0 radical (unpaired) electrons. The number of rotatable bonds is 17. The first-order valence-electron chi connectivity index (χ1n) is 32.0. The average Bonchev–Trinajstić information content (AvgIpc) is 1.58. The molecule has 0 fully saturated rings. The number of allylic oxidation sites excluding steroid dienone is 2. The highest BCUT2D eigenvalue weighted by Crippen LogP contribution is 2.58. The lowest BCUT2D eigenvalue weighted by atomic mass is 9.67. The number of aliphatic hydroxyl groups is 1. The molecule has 11 aromatic rings. The quantitative estimate of drug-likeness (QED) is 0.0986. The molecule has 2 atom stereocenters. The Morgan fingerprint density at radius 3 is 1.39 bits per heavy atom. The van der Waals surface area contributed by atoms with Gasteiger partial charge in [0.25, 0.3) is 0 Å². The number of aliphatic hydroxyl groups excluding tert-OH is 1. The Hall–Kier alpha value is -9.48. The molecule has 2 unspecified atom stereocenters. The standard InChI is InChI=1S/C85H80N2O2/c1-10-57(4)86(82(12-3)77(11-2)83(5,6)7)67-39-31-61(32-40-67)63-35-50-75-76-51-36-64(54-81(76)85(80(75)53-63,65-23-17-14-18-24-65)66-37-48-72(49-38-66)89-71-46-27-58(56-88)28-47-71)62-33-43-69(44-34-62)87(68-41-29-60(30-42-68)59-21-15-13-16-22-59)70-45-52-74-73-25-19-20-26-78(73)84(8,9)79(74)55-70/h13-55,57,88H,10-12,56H2,1-9H3/b82-77+. The molecule has 11 aromatic carbocycles. The molecule has 0 amide bonds. The van der Waals surface area contributed by atoms with E-state index in [4.69, 9.17) is 4.74 Å². The number of hydrogen-bond acceptors (Lipinski definition) is 4. The number of fused-ring (bicyclic) bond motifs is 6. The Morgan fingerprint density at radius 1 is 0.427 bits per heavy atom. The van der Waals surface area contributed by atoms with Crippen molar-refractivity contribution >= 4 is 22.7 Å². The van der Waals surface area contributed by atoms with Crippen LogP contribution in [0.25, 0.3) is 55.6 Å². The van der Waals surface area contributed by atoms with E-state index in [1.165, 1.54) is 89.3 Å². The zero-order valence-electron chi connectivity index (χ0n) is 53.0. The first-order valence-corrected chi connectivity index (χ1v) is 32.0. The van der Waals surface area contributed by atoms with Crippen molar-refractivity contribution in [2.75, 3.05) is 9.80 Å². The Kier molecular flexibility index (Phi) is 15.7. The minimum absolute atomic E-state index is 0.0146. The van der Waals surface area contributed by atoms with E-state index in [-0.39, 0.29) is 17.4 Å². The Labute approximate surface area is 528 Å². The summed E-state index contributed by atoms with van der Waals surface area (Å²) in [7, 11) is 0. The predicted octanol–water partition coefficient (Wildman–Crippen LogP) is 22.8. The maximum absolute atomic E-state index is 9.76. The molecule has 0 heterocycles. The lowest BCUT2D eigenvalue weighted by molar-refractivity contribution is 0.281. The van der Waals surface area contributed by atoms with Gasteiger partial charge in [-0.25, -0.2) is 0 Å². The first kappa shape index (κ1) is 58.5. The summed E-state index contributed by atoms with van der Waals surface area (Å²) in [5.74, 6) is 1.46. The van der Waals surface area contributed by atoms with Crippen molar-refractivity contribution in [1.29, 1.82) is 0 Å². The van der Waals surface area contributed by atoms with Crippen LogP contribution in [0.1, 0.15) is 121 Å². The smallest absolute Gasteiger partial charge is 0.127 e. The molecule has 0 saturated carbocycles. The first-order chi connectivity index (χ1) is 43.2. The van der Waals surface area contributed by atoms with Crippen LogP contribution in [0.3, 0.4) is 0 Å². The fourth-order valence-electron chi connectivity index (χ4n) is 14.6.